The van der Waals surface area contributed by atoms with Gasteiger partial charge in [0.25, 0.3) is 0 Å². The highest BCUT2D eigenvalue weighted by atomic mass is 16.4. The molecule has 1 atom stereocenters. The standard InChI is InChI=1S/C33H38N4O2/c1-2-3-4-5-6-9-23(33(38)39)10-7-8-11-24-18-31-21-29-15-14-27(35-29)19-25-12-13-26(34-25)20-28-16-17-30(36-28)22-32(24)37-31/h12-23,35,37H,2-11H2,1H3,(H,38,39). The SMILES string of the molecule is CCCCCCCC(CCCCc1cc2cc3ccc(cc4nc(cc5nc(cc1[nH]2)C=C5)C=C4)[nH]3)C(=O)O. The first kappa shape index (κ1) is 26.7. The van der Waals surface area contributed by atoms with Gasteiger partial charge in [0.2, 0.25) is 0 Å². The van der Waals surface area contributed by atoms with Crippen LogP contribution in [-0.2, 0) is 11.2 Å². The van der Waals surface area contributed by atoms with Crippen LogP contribution in [0.5, 0.6) is 0 Å². The van der Waals surface area contributed by atoms with Crippen LogP contribution in [0.3, 0.4) is 0 Å². The number of aromatic nitrogens is 4. The van der Waals surface area contributed by atoms with Gasteiger partial charge in [-0.2, -0.15) is 0 Å². The minimum Gasteiger partial charge on any atom is -0.481 e. The molecule has 39 heavy (non-hydrogen) atoms. The second-order valence-electron chi connectivity index (χ2n) is 10.7. The maximum absolute atomic E-state index is 11.8. The number of aromatic amines is 2. The molecule has 0 amide bonds. The third kappa shape index (κ3) is 7.34. The van der Waals surface area contributed by atoms with E-state index < -0.39 is 5.97 Å². The van der Waals surface area contributed by atoms with Crippen LogP contribution in [0.1, 0.15) is 93.1 Å². The van der Waals surface area contributed by atoms with Crippen molar-refractivity contribution in [1.29, 1.82) is 0 Å². The van der Waals surface area contributed by atoms with E-state index in [1.54, 1.807) is 0 Å². The molecule has 5 heterocycles. The van der Waals surface area contributed by atoms with E-state index in [4.69, 9.17) is 9.97 Å². The third-order valence-electron chi connectivity index (χ3n) is 7.51. The Labute approximate surface area is 230 Å². The van der Waals surface area contributed by atoms with Crippen molar-refractivity contribution in [3.8, 4) is 0 Å². The van der Waals surface area contributed by atoms with Crippen molar-refractivity contribution >= 4 is 52.3 Å². The summed E-state index contributed by atoms with van der Waals surface area (Å²) in [5.74, 6) is -0.877. The van der Waals surface area contributed by atoms with E-state index in [0.29, 0.717) is 0 Å². The molecule has 1 unspecified atom stereocenters. The van der Waals surface area contributed by atoms with E-state index >= 15 is 0 Å². The van der Waals surface area contributed by atoms with Gasteiger partial charge < -0.3 is 15.1 Å². The summed E-state index contributed by atoms with van der Waals surface area (Å²) in [5.41, 5.74) is 8.91. The predicted octanol–water partition coefficient (Wildman–Crippen LogP) is 8.43. The minimum atomic E-state index is -0.646. The Hall–Kier alpha value is -3.93. The summed E-state index contributed by atoms with van der Waals surface area (Å²) in [5, 5.41) is 9.70. The molecule has 8 bridgehead atoms. The van der Waals surface area contributed by atoms with Gasteiger partial charge in [-0.25, -0.2) is 9.97 Å². The van der Waals surface area contributed by atoms with Gasteiger partial charge in [-0.15, -0.1) is 0 Å². The Bertz CT molecular complexity index is 1530. The number of carboxylic acid groups (broad SMARTS) is 1. The monoisotopic (exact) mass is 522 g/mol. The van der Waals surface area contributed by atoms with Crippen LogP contribution in [0.25, 0.3) is 46.4 Å². The molecule has 6 heteroatoms. The van der Waals surface area contributed by atoms with Crippen LogP contribution >= 0.6 is 0 Å². The maximum Gasteiger partial charge on any atom is 0.306 e. The van der Waals surface area contributed by atoms with Crippen LogP contribution in [-0.4, -0.2) is 31.0 Å². The summed E-state index contributed by atoms with van der Waals surface area (Å²) >= 11 is 0. The number of carboxylic acids is 1. The van der Waals surface area contributed by atoms with Crippen molar-refractivity contribution in [2.45, 2.75) is 71.1 Å². The molecule has 3 aromatic heterocycles. The second-order valence-corrected chi connectivity index (χ2v) is 10.7. The molecule has 0 saturated heterocycles. The molecule has 0 saturated carbocycles. The molecule has 5 rings (SSSR count). The number of hydrogen-bond donors (Lipinski definition) is 3. The quantitative estimate of drug-likeness (QED) is 0.143. The first-order valence-electron chi connectivity index (χ1n) is 14.4. The highest BCUT2D eigenvalue weighted by Crippen LogP contribution is 2.23. The minimum absolute atomic E-state index is 0.231. The number of nitrogens with one attached hydrogen (secondary N) is 2. The Morgan fingerprint density at radius 2 is 1.33 bits per heavy atom. The van der Waals surface area contributed by atoms with E-state index in [2.05, 4.69) is 47.2 Å². The molecule has 2 aliphatic rings. The van der Waals surface area contributed by atoms with Gasteiger partial charge in [0.05, 0.1) is 28.7 Å². The highest BCUT2D eigenvalue weighted by Gasteiger charge is 2.16. The zero-order valence-corrected chi connectivity index (χ0v) is 22.7. The van der Waals surface area contributed by atoms with Crippen molar-refractivity contribution in [3.05, 3.63) is 70.8 Å². The summed E-state index contributed by atoms with van der Waals surface area (Å²) in [6.45, 7) is 2.20. The summed E-state index contributed by atoms with van der Waals surface area (Å²) < 4.78 is 0. The molecule has 3 N–H and O–H groups in total. The van der Waals surface area contributed by atoms with Gasteiger partial charge in [0, 0.05) is 22.1 Å². The third-order valence-corrected chi connectivity index (χ3v) is 7.51. The van der Waals surface area contributed by atoms with Crippen LogP contribution in [0.4, 0.5) is 0 Å². The highest BCUT2D eigenvalue weighted by molar-refractivity contribution is 5.78. The predicted molar refractivity (Wildman–Crippen MR) is 161 cm³/mol. The second kappa shape index (κ2) is 12.7. The van der Waals surface area contributed by atoms with Gasteiger partial charge in [0.1, 0.15) is 0 Å². The average Bonchev–Trinajstić information content (AvgIpc) is 3.71. The molecule has 3 aromatic rings. The zero-order valence-electron chi connectivity index (χ0n) is 22.7. The van der Waals surface area contributed by atoms with Crippen molar-refractivity contribution in [2.24, 2.45) is 5.92 Å². The summed E-state index contributed by atoms with van der Waals surface area (Å²) in [6, 6.07) is 14.6. The lowest BCUT2D eigenvalue weighted by Crippen LogP contribution is -2.13. The van der Waals surface area contributed by atoms with Gasteiger partial charge in [-0.3, -0.25) is 4.79 Å². The fraction of sp³-hybridized carbons (Fsp3) is 0.364. The maximum atomic E-state index is 11.8. The number of aliphatic carboxylic acids is 1. The number of unbranched alkanes of at least 4 members (excludes halogenated alkanes) is 5. The lowest BCUT2D eigenvalue weighted by atomic mass is 9.94. The lowest BCUT2D eigenvalue weighted by Gasteiger charge is -2.12. The molecule has 2 aliphatic heterocycles. The molecular formula is C33H38N4O2. The van der Waals surface area contributed by atoms with Crippen LogP contribution in [0.2, 0.25) is 0 Å². The largest absolute Gasteiger partial charge is 0.481 e. The number of H-pyrrole nitrogens is 2. The molecule has 0 radical (unpaired) electrons. The Morgan fingerprint density at radius 3 is 2.03 bits per heavy atom. The molecule has 0 fully saturated rings. The molecule has 202 valence electrons. The van der Waals surface area contributed by atoms with Crippen LogP contribution in [0, 0.1) is 5.92 Å². The smallest absolute Gasteiger partial charge is 0.306 e. The van der Waals surface area contributed by atoms with Crippen LogP contribution < -0.4 is 0 Å². The Kier molecular flexibility index (Phi) is 8.71. The van der Waals surface area contributed by atoms with Gasteiger partial charge >= 0.3 is 5.97 Å². The average molecular weight is 523 g/mol. The number of aryl methyl sites for hydroxylation is 1. The van der Waals surface area contributed by atoms with Gasteiger partial charge in [-0.05, 0) is 98.0 Å². The Balaban J connectivity index is 1.36. The lowest BCUT2D eigenvalue weighted by molar-refractivity contribution is -0.142. The molecule has 0 aromatic carbocycles. The van der Waals surface area contributed by atoms with E-state index in [-0.39, 0.29) is 5.92 Å². The Morgan fingerprint density at radius 1 is 0.718 bits per heavy atom. The number of hydrogen-bond acceptors (Lipinski definition) is 3. The van der Waals surface area contributed by atoms with Gasteiger partial charge in [0.15, 0.2) is 0 Å². The van der Waals surface area contributed by atoms with E-state index in [1.807, 2.05) is 36.4 Å². The number of fused-ring (bicyclic) bond motifs is 8. The first-order valence-corrected chi connectivity index (χ1v) is 14.4. The fourth-order valence-corrected chi connectivity index (χ4v) is 5.38. The van der Waals surface area contributed by atoms with E-state index in [9.17, 15) is 9.90 Å². The molecular weight excluding hydrogens is 484 g/mol. The molecule has 0 spiro atoms. The number of carbonyl (C=O) groups is 1. The topological polar surface area (TPSA) is 94.7 Å². The zero-order chi connectivity index (χ0) is 27.0. The number of nitrogens with zero attached hydrogens (tertiary/aromatic N) is 2. The first-order chi connectivity index (χ1) is 19.1. The van der Waals surface area contributed by atoms with Crippen molar-refractivity contribution in [1.82, 2.24) is 19.9 Å². The molecule has 0 aliphatic carbocycles. The van der Waals surface area contributed by atoms with E-state index in [0.717, 1.165) is 89.8 Å². The summed E-state index contributed by atoms with van der Waals surface area (Å²) in [7, 11) is 0. The summed E-state index contributed by atoms with van der Waals surface area (Å²) in [6.07, 6.45) is 18.2. The molecule has 6 nitrogen and oxygen atoms in total. The van der Waals surface area contributed by atoms with Crippen molar-refractivity contribution in [2.75, 3.05) is 0 Å². The van der Waals surface area contributed by atoms with E-state index in [1.165, 1.54) is 24.8 Å². The fourth-order valence-electron chi connectivity index (χ4n) is 5.38. The van der Waals surface area contributed by atoms with Crippen molar-refractivity contribution < 1.29 is 9.90 Å². The normalized spacial score (nSPS) is 13.2. The summed E-state index contributed by atoms with van der Waals surface area (Å²) in [4.78, 5) is 28.3. The van der Waals surface area contributed by atoms with Crippen LogP contribution in [0.15, 0.2) is 42.5 Å². The number of rotatable bonds is 12. The van der Waals surface area contributed by atoms with Gasteiger partial charge in [-0.1, -0.05) is 45.4 Å². The van der Waals surface area contributed by atoms with Crippen molar-refractivity contribution in [3.63, 3.8) is 0 Å².